The fraction of sp³-hybridized carbons (Fsp3) is 0.279. The average molecular weight is 1400 g/mol. The van der Waals surface area contributed by atoms with Crippen LogP contribution in [0.15, 0.2) is 178 Å². The third kappa shape index (κ3) is 37.7. The number of alkyl halides is 9. The lowest BCUT2D eigenvalue weighted by molar-refractivity contribution is -0.193. The number of halogens is 9. The van der Waals surface area contributed by atoms with Crippen molar-refractivity contribution in [2.24, 2.45) is 0 Å². The van der Waals surface area contributed by atoms with Crippen molar-refractivity contribution in [1.82, 2.24) is 0 Å². The van der Waals surface area contributed by atoms with Gasteiger partial charge < -0.3 is 28.4 Å². The average Bonchev–Trinajstić information content (AvgIpc) is 0.963. The largest absolute Gasteiger partial charge is 0.496 e. The number of ether oxygens (including phenoxy) is 6. The summed E-state index contributed by atoms with van der Waals surface area (Å²) in [6.45, 7) is 14.5. The van der Waals surface area contributed by atoms with Crippen molar-refractivity contribution in [3.8, 4) is 52.7 Å². The maximum atomic E-state index is 12.6. The van der Waals surface area contributed by atoms with Crippen LogP contribution >= 0.6 is 35.3 Å². The smallest absolute Gasteiger partial charge is 0.416 e. The van der Waals surface area contributed by atoms with Gasteiger partial charge in [0.05, 0.1) is 61.0 Å². The molecule has 28 heteroatoms. The highest BCUT2D eigenvalue weighted by Crippen LogP contribution is 2.34. The van der Waals surface area contributed by atoms with E-state index in [4.69, 9.17) is 73.0 Å². The Morgan fingerprint density at radius 1 is 0.448 bits per heavy atom. The van der Waals surface area contributed by atoms with Crippen molar-refractivity contribution >= 4 is 59.5 Å². The first-order chi connectivity index (χ1) is 45.6. The summed E-state index contributed by atoms with van der Waals surface area (Å²) in [5.41, 5.74) is 2.31. The van der Waals surface area contributed by atoms with Crippen molar-refractivity contribution < 1.29 is 101 Å². The zero-order valence-electron chi connectivity index (χ0n) is 52.4. The van der Waals surface area contributed by atoms with E-state index in [0.717, 1.165) is 109 Å². The minimum atomic E-state index is -4.39. The second-order valence-corrected chi connectivity index (χ2v) is 21.6. The van der Waals surface area contributed by atoms with Crippen LogP contribution in [0.25, 0.3) is 0 Å². The molecule has 6 aromatic carbocycles. The second kappa shape index (κ2) is 48.7. The van der Waals surface area contributed by atoms with Gasteiger partial charge in [0.1, 0.15) is 54.3 Å². The normalized spacial score (nSPS) is 10.5. The first-order valence-corrected chi connectivity index (χ1v) is 30.6. The number of hydrogen-bond donors (Lipinski definition) is 0. The Morgan fingerprint density at radius 2 is 0.729 bits per heavy atom. The lowest BCUT2D eigenvalue weighted by Crippen LogP contribution is -2.13. The van der Waals surface area contributed by atoms with Crippen LogP contribution in [-0.2, 0) is 52.1 Å². The van der Waals surface area contributed by atoms with Crippen LogP contribution in [0.3, 0.4) is 0 Å². The molecule has 0 N–H and O–H groups in total. The number of aryl methyl sites for hydroxylation is 3. The molecule has 0 fully saturated rings. The summed E-state index contributed by atoms with van der Waals surface area (Å²) in [7, 11) is 1.61. The van der Waals surface area contributed by atoms with Crippen molar-refractivity contribution in [2.75, 3.05) is 57.4 Å². The molecule has 6 aromatic rings. The summed E-state index contributed by atoms with van der Waals surface area (Å²) in [6, 6.07) is 36.4. The summed E-state index contributed by atoms with van der Waals surface area (Å²) in [5.74, 6) is 4.49. The molecule has 0 saturated carbocycles. The number of ketones is 1. The number of allylic oxidation sites excluding steroid dienone is 3. The second-order valence-electron chi connectivity index (χ2n) is 18.5. The number of nitriles is 3. The van der Waals surface area contributed by atoms with Crippen molar-refractivity contribution in [3.05, 3.63) is 197 Å². The molecule has 0 aliphatic rings. The van der Waals surface area contributed by atoms with Gasteiger partial charge in [-0.2, -0.15) is 84.1 Å². The predicted octanol–water partition coefficient (Wildman–Crippen LogP) is 16.6. The summed E-state index contributed by atoms with van der Waals surface area (Å²) in [4.78, 5) is 63.7. The van der Waals surface area contributed by atoms with Crippen molar-refractivity contribution in [3.63, 3.8) is 0 Å². The van der Waals surface area contributed by atoms with Crippen LogP contribution in [0.5, 0.6) is 34.5 Å². The van der Waals surface area contributed by atoms with Crippen LogP contribution in [0.2, 0.25) is 0 Å². The highest BCUT2D eigenvalue weighted by Gasteiger charge is 2.32. The summed E-state index contributed by atoms with van der Waals surface area (Å²) >= 11 is 4.47. The number of methoxy groups -OCH3 is 1. The molecule has 0 radical (unpaired) electrons. The summed E-state index contributed by atoms with van der Waals surface area (Å²) < 4.78 is 146. The van der Waals surface area contributed by atoms with Gasteiger partial charge in [-0.25, -0.2) is 0 Å². The molecule has 0 aliphatic carbocycles. The number of carbonyl (C=O) groups is 1. The molecule has 0 aromatic heterocycles. The highest BCUT2D eigenvalue weighted by molar-refractivity contribution is 8.00. The Labute approximate surface area is 561 Å². The van der Waals surface area contributed by atoms with Gasteiger partial charge in [0.2, 0.25) is 0 Å². The van der Waals surface area contributed by atoms with Gasteiger partial charge in [0.25, 0.3) is 0 Å². The minimum absolute atomic E-state index is 0.126. The maximum absolute atomic E-state index is 12.6. The molecule has 0 unspecified atom stereocenters. The molecule has 0 bridgehead atoms. The lowest BCUT2D eigenvalue weighted by Gasteiger charge is -2.12. The van der Waals surface area contributed by atoms with Crippen LogP contribution in [0, 0.1) is 54.8 Å². The zero-order chi connectivity index (χ0) is 72.5. The zero-order valence-corrected chi connectivity index (χ0v) is 54.9. The fourth-order valence-electron chi connectivity index (χ4n) is 6.84. The van der Waals surface area contributed by atoms with E-state index in [2.05, 4.69) is 13.5 Å². The molecule has 510 valence electrons. The number of thioether (sulfide) groups is 3. The van der Waals surface area contributed by atoms with E-state index in [1.54, 1.807) is 24.9 Å². The van der Waals surface area contributed by atoms with Gasteiger partial charge in [-0.1, -0.05) is 20.4 Å². The van der Waals surface area contributed by atoms with E-state index in [9.17, 15) is 44.3 Å². The predicted molar refractivity (Wildman–Crippen MR) is 338 cm³/mol. The van der Waals surface area contributed by atoms with Crippen molar-refractivity contribution in [1.29, 1.82) is 15.8 Å². The Morgan fingerprint density at radius 3 is 0.979 bits per heavy atom. The molecule has 16 nitrogen and oxygen atoms in total. The maximum Gasteiger partial charge on any atom is 0.416 e. The van der Waals surface area contributed by atoms with Crippen LogP contribution in [0.1, 0.15) is 60.1 Å². The van der Waals surface area contributed by atoms with Crippen LogP contribution in [-0.4, -0.2) is 81.6 Å². The van der Waals surface area contributed by atoms with Gasteiger partial charge in [-0.3, -0.25) is 4.79 Å². The van der Waals surface area contributed by atoms with E-state index in [-0.39, 0.29) is 55.6 Å². The summed E-state index contributed by atoms with van der Waals surface area (Å²) in [5, 5.41) is 25.4. The third-order valence-electron chi connectivity index (χ3n) is 11.3. The SMILES string of the molecule is C=CC#N.CCCOc1ccc(SC/C(=C/C#N)COc2ccc(C(F)(F)F)cc2)cc1C.CCCOc1ccc(SCC(=O)COc2ccc(C(F)(F)F)cc2)cc1C.COc1ccc(SCC(=CC#N)COc2ccc(C(F)(F)F)cc2)cc1C.O=C=O.O=C=O.O=C=O. The summed E-state index contributed by atoms with van der Waals surface area (Å²) in [6.07, 6.45) is -6.54. The molecule has 0 spiro atoms. The quantitative estimate of drug-likeness (QED) is 0.0294. The van der Waals surface area contributed by atoms with E-state index in [0.29, 0.717) is 36.2 Å². The van der Waals surface area contributed by atoms with E-state index in [1.165, 1.54) is 78.2 Å². The van der Waals surface area contributed by atoms with Crippen molar-refractivity contribution in [2.45, 2.75) is 80.7 Å². The molecule has 0 atom stereocenters. The number of nitrogens with zero attached hydrogens (tertiary/aromatic N) is 3. The number of carbonyl (C=O) groups excluding carboxylic acids is 7. The van der Waals surface area contributed by atoms with E-state index in [1.807, 2.05) is 94.4 Å². The molecule has 0 amide bonds. The first kappa shape index (κ1) is 86.0. The minimum Gasteiger partial charge on any atom is -0.496 e. The molecule has 96 heavy (non-hydrogen) atoms. The Balaban J connectivity index is 0.00000129. The lowest BCUT2D eigenvalue weighted by atomic mass is 10.2. The number of rotatable bonds is 25. The topological polar surface area (TPSA) is 246 Å². The number of hydrogen-bond acceptors (Lipinski definition) is 19. The highest BCUT2D eigenvalue weighted by atomic mass is 32.2. The van der Waals surface area contributed by atoms with Gasteiger partial charge in [0.15, 0.2) is 5.78 Å². The Kier molecular flexibility index (Phi) is 43.7. The molecular formula is C68H64F9N3O13S3. The van der Waals surface area contributed by atoms with Gasteiger partial charge >= 0.3 is 37.0 Å². The molecule has 0 saturated heterocycles. The van der Waals surface area contributed by atoms with Crippen LogP contribution in [0.4, 0.5) is 39.5 Å². The monoisotopic (exact) mass is 1400 g/mol. The first-order valence-electron chi connectivity index (χ1n) is 27.7. The van der Waals surface area contributed by atoms with Gasteiger partial charge in [-0.05, 0) is 189 Å². The van der Waals surface area contributed by atoms with Gasteiger partial charge in [-0.15, -0.1) is 35.3 Å². The molecule has 6 rings (SSSR count). The Hall–Kier alpha value is -9.96. The molecule has 0 heterocycles. The molecular weight excluding hydrogens is 1330 g/mol. The van der Waals surface area contributed by atoms with E-state index >= 15 is 0 Å². The standard InChI is InChI=1S/C22H22F3NO2S.C20H18F3NO2S.C20H21F3O3S.C3H3N.3CO2/c1-3-12-27-21-9-8-20(13-16(21)2)29-15-17(10-11-26)14-28-19-6-4-18(5-7-19)22(23,24)25;1-14-11-18(7-8-19(14)25-2)27-13-15(9-10-24)12-26-17-5-3-16(4-6-17)20(21,22)23;1-3-10-25-19-9-8-18(11-14(19)2)27-13-16(24)12-26-17-6-4-15(5-7-17)20(21,22)23;1-2-3-4;3*2-1-3/h4-10,13H,3,12,14-15H2,1-2H3;3-9,11H,12-13H2,1-2H3;4-9,11H,3,10,12-13H2,1-2H3;2H,1H2;;;/b17-10+;;;;;;. The molecule has 0 aliphatic heterocycles. The van der Waals surface area contributed by atoms with Crippen LogP contribution < -0.4 is 28.4 Å². The fourth-order valence-corrected chi connectivity index (χ4v) is 9.56. The van der Waals surface area contributed by atoms with E-state index < -0.39 is 35.2 Å². The third-order valence-corrected chi connectivity index (χ3v) is 14.5. The number of Topliss-reactive ketones (excluding diaryl/α,β-unsaturated/α-hetero) is 1. The van der Waals surface area contributed by atoms with Gasteiger partial charge in [0, 0.05) is 44.4 Å². The number of benzene rings is 6. The Bertz CT molecular complexity index is 3590.